The fourth-order valence-electron chi connectivity index (χ4n) is 2.41. The molecule has 1 saturated carbocycles. The number of rotatable bonds is 5. The second-order valence-corrected chi connectivity index (χ2v) is 5.10. The zero-order valence-electron chi connectivity index (χ0n) is 10.6. The van der Waals surface area contributed by atoms with Crippen LogP contribution in [-0.4, -0.2) is 13.1 Å². The first-order chi connectivity index (χ1) is 7.24. The molecule has 1 N–H and O–H groups in total. The first-order valence-electron chi connectivity index (χ1n) is 6.61. The summed E-state index contributed by atoms with van der Waals surface area (Å²) in [5.41, 5.74) is 0. The molecule has 1 nitrogen and oxygen atoms in total. The summed E-state index contributed by atoms with van der Waals surface area (Å²) in [4.78, 5) is 0. The maximum atomic E-state index is 3.35. The van der Waals surface area contributed by atoms with Crippen LogP contribution in [0.1, 0.15) is 46.5 Å². The third-order valence-corrected chi connectivity index (χ3v) is 3.78. The fraction of sp³-hybridized carbons (Fsp3) is 0.857. The minimum Gasteiger partial charge on any atom is -0.317 e. The smallest absolute Gasteiger partial charge is 0.00144 e. The maximum Gasteiger partial charge on any atom is -0.00144 e. The van der Waals surface area contributed by atoms with Crippen molar-refractivity contribution in [2.45, 2.75) is 46.5 Å². The molecule has 1 aliphatic rings. The fourth-order valence-corrected chi connectivity index (χ4v) is 2.41. The van der Waals surface area contributed by atoms with Gasteiger partial charge in [-0.3, -0.25) is 0 Å². The highest BCUT2D eigenvalue weighted by molar-refractivity contribution is 4.92. The normalized spacial score (nSPS) is 32.3. The Morgan fingerprint density at radius 3 is 2.67 bits per heavy atom. The summed E-state index contributed by atoms with van der Waals surface area (Å²) in [7, 11) is 0. The Morgan fingerprint density at radius 1 is 1.20 bits per heavy atom. The van der Waals surface area contributed by atoms with Crippen molar-refractivity contribution in [1.29, 1.82) is 0 Å². The van der Waals surface area contributed by atoms with Gasteiger partial charge in [0, 0.05) is 0 Å². The van der Waals surface area contributed by atoms with Crippen molar-refractivity contribution in [1.82, 2.24) is 5.32 Å². The van der Waals surface area contributed by atoms with Crippen LogP contribution >= 0.6 is 0 Å². The molecule has 0 amide bonds. The summed E-state index contributed by atoms with van der Waals surface area (Å²) in [6.45, 7) is 9.19. The van der Waals surface area contributed by atoms with Crippen molar-refractivity contribution in [2.24, 2.45) is 17.8 Å². The Kier molecular flexibility index (Phi) is 6.00. The number of allylic oxidation sites excluding steroid dienone is 1. The van der Waals surface area contributed by atoms with Crippen molar-refractivity contribution in [2.75, 3.05) is 13.1 Å². The lowest BCUT2D eigenvalue weighted by atomic mass is 9.76. The van der Waals surface area contributed by atoms with E-state index in [0.717, 1.165) is 30.8 Å². The molecular weight excluding hydrogens is 182 g/mol. The van der Waals surface area contributed by atoms with Gasteiger partial charge in [0.25, 0.3) is 0 Å². The van der Waals surface area contributed by atoms with Gasteiger partial charge in [-0.05, 0) is 56.5 Å². The third-order valence-electron chi connectivity index (χ3n) is 3.78. The molecule has 1 fully saturated rings. The average Bonchev–Trinajstić information content (AvgIpc) is 2.23. The van der Waals surface area contributed by atoms with E-state index in [1.165, 1.54) is 25.7 Å². The molecule has 1 aliphatic carbocycles. The Hall–Kier alpha value is -0.300. The van der Waals surface area contributed by atoms with E-state index in [0.29, 0.717) is 0 Å². The monoisotopic (exact) mass is 209 g/mol. The van der Waals surface area contributed by atoms with Gasteiger partial charge >= 0.3 is 0 Å². The van der Waals surface area contributed by atoms with Crippen molar-refractivity contribution in [3.8, 4) is 0 Å². The topological polar surface area (TPSA) is 12.0 Å². The maximum absolute atomic E-state index is 3.35. The molecule has 0 spiro atoms. The van der Waals surface area contributed by atoms with Crippen LogP contribution in [0, 0.1) is 17.8 Å². The quantitative estimate of drug-likeness (QED) is 0.539. The highest BCUT2D eigenvalue weighted by atomic mass is 14.8. The van der Waals surface area contributed by atoms with Crippen LogP contribution in [0.15, 0.2) is 12.2 Å². The molecule has 0 radical (unpaired) electrons. The van der Waals surface area contributed by atoms with E-state index in [9.17, 15) is 0 Å². The predicted molar refractivity (Wildman–Crippen MR) is 68.0 cm³/mol. The highest BCUT2D eigenvalue weighted by Crippen LogP contribution is 2.33. The number of hydrogen-bond donors (Lipinski definition) is 1. The van der Waals surface area contributed by atoms with Crippen molar-refractivity contribution >= 4 is 0 Å². The van der Waals surface area contributed by atoms with Gasteiger partial charge in [0.2, 0.25) is 0 Å². The molecule has 1 heteroatoms. The summed E-state index contributed by atoms with van der Waals surface area (Å²) in [5.74, 6) is 2.72. The summed E-state index contributed by atoms with van der Waals surface area (Å²) in [6.07, 6.45) is 10.2. The van der Waals surface area contributed by atoms with E-state index in [1.807, 2.05) is 0 Å². The highest BCUT2D eigenvalue weighted by Gasteiger charge is 2.22. The number of nitrogens with one attached hydrogen (secondary N) is 1. The van der Waals surface area contributed by atoms with Crippen LogP contribution in [0.2, 0.25) is 0 Å². The van der Waals surface area contributed by atoms with E-state index in [-0.39, 0.29) is 0 Å². The number of hydrogen-bond acceptors (Lipinski definition) is 1. The van der Waals surface area contributed by atoms with Gasteiger partial charge in [0.15, 0.2) is 0 Å². The van der Waals surface area contributed by atoms with Crippen LogP contribution in [0.25, 0.3) is 0 Å². The van der Waals surface area contributed by atoms with Gasteiger partial charge < -0.3 is 5.32 Å². The molecule has 0 aromatic rings. The van der Waals surface area contributed by atoms with E-state index in [1.54, 1.807) is 0 Å². The van der Waals surface area contributed by atoms with Gasteiger partial charge in [0.05, 0.1) is 0 Å². The van der Waals surface area contributed by atoms with Crippen LogP contribution in [-0.2, 0) is 0 Å². The molecule has 0 heterocycles. The molecule has 0 aromatic heterocycles. The summed E-state index contributed by atoms with van der Waals surface area (Å²) < 4.78 is 0. The SMILES string of the molecule is CCNCCC=CC1CCC(C)C(C)C1. The third kappa shape index (κ3) is 4.83. The van der Waals surface area contributed by atoms with Crippen LogP contribution in [0.4, 0.5) is 0 Å². The van der Waals surface area contributed by atoms with E-state index in [2.05, 4.69) is 38.2 Å². The average molecular weight is 209 g/mol. The van der Waals surface area contributed by atoms with Gasteiger partial charge in [0.1, 0.15) is 0 Å². The van der Waals surface area contributed by atoms with Crippen LogP contribution in [0.3, 0.4) is 0 Å². The minimum absolute atomic E-state index is 0.859. The van der Waals surface area contributed by atoms with Crippen LogP contribution < -0.4 is 5.32 Å². The standard InChI is InChI=1S/C14H27N/c1-4-15-10-6-5-7-14-9-8-12(2)13(3)11-14/h5,7,12-15H,4,6,8-11H2,1-3H3. The largest absolute Gasteiger partial charge is 0.317 e. The first-order valence-corrected chi connectivity index (χ1v) is 6.61. The molecule has 15 heavy (non-hydrogen) atoms. The lowest BCUT2D eigenvalue weighted by Gasteiger charge is -2.30. The van der Waals surface area contributed by atoms with Gasteiger partial charge in [-0.25, -0.2) is 0 Å². The van der Waals surface area contributed by atoms with Gasteiger partial charge in [-0.2, -0.15) is 0 Å². The van der Waals surface area contributed by atoms with Crippen molar-refractivity contribution in [3.63, 3.8) is 0 Å². The molecule has 3 atom stereocenters. The molecule has 0 aromatic carbocycles. The van der Waals surface area contributed by atoms with Crippen molar-refractivity contribution < 1.29 is 0 Å². The Labute approximate surface area is 95.3 Å². The Balaban J connectivity index is 2.16. The van der Waals surface area contributed by atoms with E-state index < -0.39 is 0 Å². The van der Waals surface area contributed by atoms with Crippen molar-refractivity contribution in [3.05, 3.63) is 12.2 Å². The first kappa shape index (κ1) is 12.8. The summed E-state index contributed by atoms with van der Waals surface area (Å²) >= 11 is 0. The lowest BCUT2D eigenvalue weighted by Crippen LogP contribution is -2.19. The minimum atomic E-state index is 0.859. The molecule has 0 bridgehead atoms. The van der Waals surface area contributed by atoms with E-state index >= 15 is 0 Å². The Morgan fingerprint density at radius 2 is 2.00 bits per heavy atom. The summed E-state index contributed by atoms with van der Waals surface area (Å²) in [5, 5.41) is 3.35. The molecule has 3 unspecified atom stereocenters. The molecular formula is C14H27N. The summed E-state index contributed by atoms with van der Waals surface area (Å²) in [6, 6.07) is 0. The van der Waals surface area contributed by atoms with Gasteiger partial charge in [-0.1, -0.05) is 32.9 Å². The zero-order valence-corrected chi connectivity index (χ0v) is 10.6. The predicted octanol–water partition coefficient (Wildman–Crippen LogP) is 3.61. The van der Waals surface area contributed by atoms with Crippen LogP contribution in [0.5, 0.6) is 0 Å². The lowest BCUT2D eigenvalue weighted by molar-refractivity contribution is 0.236. The molecule has 1 rings (SSSR count). The zero-order chi connectivity index (χ0) is 11.1. The Bertz CT molecular complexity index is 186. The second kappa shape index (κ2) is 7.05. The van der Waals surface area contributed by atoms with Gasteiger partial charge in [-0.15, -0.1) is 0 Å². The molecule has 0 saturated heterocycles. The molecule has 0 aliphatic heterocycles. The van der Waals surface area contributed by atoms with E-state index in [4.69, 9.17) is 0 Å². The molecule has 88 valence electrons. The second-order valence-electron chi connectivity index (χ2n) is 5.10.